The van der Waals surface area contributed by atoms with Gasteiger partial charge in [0.15, 0.2) is 5.82 Å². The molecule has 0 spiro atoms. The van der Waals surface area contributed by atoms with Crippen molar-refractivity contribution >= 4 is 11.6 Å². The lowest BCUT2D eigenvalue weighted by Crippen LogP contribution is -2.41. The average Bonchev–Trinajstić information content (AvgIpc) is 3.01. The van der Waals surface area contributed by atoms with Crippen LogP contribution in [0.1, 0.15) is 38.4 Å². The smallest absolute Gasteiger partial charge is 0.262 e. The maximum absolute atomic E-state index is 6.41. The summed E-state index contributed by atoms with van der Waals surface area (Å²) >= 11 is 5.90. The number of hydrogen-bond donors (Lipinski definition) is 1. The molecule has 1 aliphatic rings. The Morgan fingerprint density at radius 3 is 2.79 bits per heavy atom. The van der Waals surface area contributed by atoms with Crippen LogP contribution in [0.2, 0.25) is 5.22 Å². The molecule has 0 unspecified atom stereocenters. The Morgan fingerprint density at radius 2 is 2.16 bits per heavy atom. The molecule has 0 atom stereocenters. The van der Waals surface area contributed by atoms with Crippen LogP contribution in [0.15, 0.2) is 21.3 Å². The van der Waals surface area contributed by atoms with Crippen LogP contribution in [0.5, 0.6) is 0 Å². The van der Waals surface area contributed by atoms with Crippen LogP contribution < -0.4 is 5.73 Å². The molecule has 0 aromatic carbocycles. The van der Waals surface area contributed by atoms with Crippen LogP contribution in [0, 0.1) is 5.92 Å². The molecule has 3 rings (SSSR count). The fourth-order valence-electron chi connectivity index (χ4n) is 2.48. The summed E-state index contributed by atoms with van der Waals surface area (Å²) in [5.41, 5.74) is 6.53. The van der Waals surface area contributed by atoms with Crippen molar-refractivity contribution in [2.75, 3.05) is 0 Å². The molecule has 6 heteroatoms. The standard InChI is InChI=1S/C13H16ClN3O2/c1-8-2-5-13(15,6-3-8)12-16-11(19-17-12)9-4-7-18-10(9)14/h4,7-8H,2-3,5-6,15H2,1H3. The number of hydrogen-bond acceptors (Lipinski definition) is 5. The van der Waals surface area contributed by atoms with E-state index in [1.807, 2.05) is 0 Å². The molecule has 5 nitrogen and oxygen atoms in total. The van der Waals surface area contributed by atoms with E-state index in [0.717, 1.165) is 25.7 Å². The van der Waals surface area contributed by atoms with E-state index in [4.69, 9.17) is 26.3 Å². The summed E-state index contributed by atoms with van der Waals surface area (Å²) in [6, 6.07) is 1.70. The Balaban J connectivity index is 1.87. The van der Waals surface area contributed by atoms with Gasteiger partial charge in [-0.25, -0.2) is 0 Å². The fraction of sp³-hybridized carbons (Fsp3) is 0.538. The minimum atomic E-state index is -0.482. The van der Waals surface area contributed by atoms with E-state index in [1.165, 1.54) is 6.26 Å². The Hall–Kier alpha value is -1.33. The lowest BCUT2D eigenvalue weighted by molar-refractivity contribution is 0.230. The van der Waals surface area contributed by atoms with E-state index in [0.29, 0.717) is 23.2 Å². The summed E-state index contributed by atoms with van der Waals surface area (Å²) in [6.07, 6.45) is 5.43. The van der Waals surface area contributed by atoms with Gasteiger partial charge in [-0.1, -0.05) is 12.1 Å². The van der Waals surface area contributed by atoms with Crippen molar-refractivity contribution in [3.8, 4) is 11.5 Å². The van der Waals surface area contributed by atoms with E-state index in [1.54, 1.807) is 6.07 Å². The Kier molecular flexibility index (Phi) is 3.11. The van der Waals surface area contributed by atoms with Crippen LogP contribution in [0.4, 0.5) is 0 Å². The molecule has 102 valence electrons. The van der Waals surface area contributed by atoms with Gasteiger partial charge in [-0.05, 0) is 49.3 Å². The molecule has 2 aromatic heterocycles. The molecule has 1 saturated carbocycles. The molecule has 0 amide bonds. The van der Waals surface area contributed by atoms with Gasteiger partial charge in [0.05, 0.1) is 17.4 Å². The van der Waals surface area contributed by atoms with Crippen molar-refractivity contribution in [3.63, 3.8) is 0 Å². The van der Waals surface area contributed by atoms with Gasteiger partial charge in [0.2, 0.25) is 5.22 Å². The molecule has 0 radical (unpaired) electrons. The number of rotatable bonds is 2. The molecule has 2 aromatic rings. The molecule has 2 heterocycles. The van der Waals surface area contributed by atoms with E-state index < -0.39 is 5.54 Å². The zero-order chi connectivity index (χ0) is 13.5. The van der Waals surface area contributed by atoms with Gasteiger partial charge in [-0.15, -0.1) is 0 Å². The van der Waals surface area contributed by atoms with Crippen molar-refractivity contribution in [2.45, 2.75) is 38.1 Å². The second-order valence-electron chi connectivity index (χ2n) is 5.37. The fourth-order valence-corrected chi connectivity index (χ4v) is 2.68. The Morgan fingerprint density at radius 1 is 1.42 bits per heavy atom. The summed E-state index contributed by atoms with van der Waals surface area (Å²) in [7, 11) is 0. The van der Waals surface area contributed by atoms with Crippen molar-refractivity contribution < 1.29 is 8.94 Å². The van der Waals surface area contributed by atoms with Gasteiger partial charge in [0, 0.05) is 0 Å². The highest BCUT2D eigenvalue weighted by molar-refractivity contribution is 6.31. The van der Waals surface area contributed by atoms with E-state index >= 15 is 0 Å². The number of furan rings is 1. The van der Waals surface area contributed by atoms with Crippen LogP contribution >= 0.6 is 11.6 Å². The molecular formula is C13H16ClN3O2. The van der Waals surface area contributed by atoms with Gasteiger partial charge in [-0.2, -0.15) is 4.98 Å². The normalized spacial score (nSPS) is 27.6. The van der Waals surface area contributed by atoms with Crippen LogP contribution in [-0.4, -0.2) is 10.1 Å². The minimum absolute atomic E-state index is 0.249. The Bertz CT molecular complexity index is 570. The highest BCUT2D eigenvalue weighted by Crippen LogP contribution is 2.37. The van der Waals surface area contributed by atoms with Gasteiger partial charge >= 0.3 is 0 Å². The molecule has 0 bridgehead atoms. The van der Waals surface area contributed by atoms with Crippen molar-refractivity contribution in [1.82, 2.24) is 10.1 Å². The predicted octanol–water partition coefficient (Wildman–Crippen LogP) is 3.35. The number of nitrogens with zero attached hydrogens (tertiary/aromatic N) is 2. The molecule has 2 N–H and O–H groups in total. The summed E-state index contributed by atoms with van der Waals surface area (Å²) in [5.74, 6) is 1.63. The monoisotopic (exact) mass is 281 g/mol. The first-order valence-corrected chi connectivity index (χ1v) is 6.83. The van der Waals surface area contributed by atoms with E-state index in [9.17, 15) is 0 Å². The third kappa shape index (κ3) is 2.28. The Labute approximate surface area is 116 Å². The minimum Gasteiger partial charge on any atom is -0.452 e. The number of aromatic nitrogens is 2. The molecule has 19 heavy (non-hydrogen) atoms. The zero-order valence-electron chi connectivity index (χ0n) is 10.7. The van der Waals surface area contributed by atoms with Crippen molar-refractivity contribution in [2.24, 2.45) is 11.7 Å². The second kappa shape index (κ2) is 4.65. The quantitative estimate of drug-likeness (QED) is 0.913. The molecule has 0 aliphatic heterocycles. The van der Waals surface area contributed by atoms with Gasteiger partial charge < -0.3 is 14.7 Å². The molecule has 1 aliphatic carbocycles. The first-order chi connectivity index (χ1) is 9.08. The lowest BCUT2D eigenvalue weighted by Gasteiger charge is -2.33. The van der Waals surface area contributed by atoms with Crippen LogP contribution in [-0.2, 0) is 5.54 Å². The largest absolute Gasteiger partial charge is 0.452 e. The summed E-state index contributed by atoms with van der Waals surface area (Å²) in [5, 5.41) is 4.27. The second-order valence-corrected chi connectivity index (χ2v) is 5.71. The third-order valence-electron chi connectivity index (χ3n) is 3.89. The highest BCUT2D eigenvalue weighted by atomic mass is 35.5. The van der Waals surface area contributed by atoms with Gasteiger partial charge in [-0.3, -0.25) is 0 Å². The number of nitrogens with two attached hydrogens (primary N) is 1. The SMILES string of the molecule is CC1CCC(N)(c2noc(-c3ccoc3Cl)n2)CC1. The highest BCUT2D eigenvalue weighted by Gasteiger charge is 2.36. The zero-order valence-corrected chi connectivity index (χ0v) is 11.5. The summed E-state index contributed by atoms with van der Waals surface area (Å²) < 4.78 is 10.3. The van der Waals surface area contributed by atoms with Gasteiger partial charge in [0.25, 0.3) is 5.89 Å². The molecule has 1 fully saturated rings. The maximum Gasteiger partial charge on any atom is 0.262 e. The third-order valence-corrected chi connectivity index (χ3v) is 4.18. The summed E-state index contributed by atoms with van der Waals surface area (Å²) in [4.78, 5) is 4.39. The topological polar surface area (TPSA) is 78.1 Å². The van der Waals surface area contributed by atoms with Gasteiger partial charge in [0.1, 0.15) is 0 Å². The summed E-state index contributed by atoms with van der Waals surface area (Å²) in [6.45, 7) is 2.24. The first kappa shape index (κ1) is 12.7. The van der Waals surface area contributed by atoms with Crippen molar-refractivity contribution in [3.05, 3.63) is 23.4 Å². The maximum atomic E-state index is 6.41. The van der Waals surface area contributed by atoms with E-state index in [2.05, 4.69) is 17.1 Å². The van der Waals surface area contributed by atoms with Crippen LogP contribution in [0.25, 0.3) is 11.5 Å². The average molecular weight is 282 g/mol. The first-order valence-electron chi connectivity index (χ1n) is 6.45. The lowest BCUT2D eigenvalue weighted by atomic mass is 9.77. The molecule has 0 saturated heterocycles. The molecular weight excluding hydrogens is 266 g/mol. The van der Waals surface area contributed by atoms with Crippen LogP contribution in [0.3, 0.4) is 0 Å². The number of halogens is 1. The van der Waals surface area contributed by atoms with E-state index in [-0.39, 0.29) is 5.22 Å². The predicted molar refractivity (Wildman–Crippen MR) is 70.5 cm³/mol. The van der Waals surface area contributed by atoms with Crippen molar-refractivity contribution in [1.29, 1.82) is 0 Å².